The molecule has 1 aliphatic rings. The van der Waals surface area contributed by atoms with Gasteiger partial charge in [-0.2, -0.15) is 0 Å². The summed E-state index contributed by atoms with van der Waals surface area (Å²) in [5.41, 5.74) is 2.58. The monoisotopic (exact) mass is 356 g/mol. The highest BCUT2D eigenvalue weighted by Gasteiger charge is 2.19. The third kappa shape index (κ3) is 2.78. The molecule has 2 N–H and O–H groups in total. The van der Waals surface area contributed by atoms with Crippen LogP contribution < -0.4 is 15.4 Å². The SMILES string of the molecule is Cn1c(C(=O)Nc2ccc3c(c2)OCC(=O)N3)nc2cc(Cl)ccc21. The number of aromatic nitrogens is 2. The summed E-state index contributed by atoms with van der Waals surface area (Å²) in [5.74, 6) is 0.218. The van der Waals surface area contributed by atoms with Gasteiger partial charge in [0, 0.05) is 23.8 Å². The fraction of sp³-hybridized carbons (Fsp3) is 0.118. The van der Waals surface area contributed by atoms with E-state index in [0.29, 0.717) is 27.7 Å². The number of hydrogen-bond donors (Lipinski definition) is 2. The summed E-state index contributed by atoms with van der Waals surface area (Å²) < 4.78 is 7.05. The number of rotatable bonds is 2. The zero-order chi connectivity index (χ0) is 17.6. The van der Waals surface area contributed by atoms with Crippen molar-refractivity contribution in [3.63, 3.8) is 0 Å². The summed E-state index contributed by atoms with van der Waals surface area (Å²) in [6.45, 7) is -0.0457. The highest BCUT2D eigenvalue weighted by molar-refractivity contribution is 6.31. The molecule has 1 aromatic heterocycles. The Hall–Kier alpha value is -3.06. The lowest BCUT2D eigenvalue weighted by Gasteiger charge is -2.18. The van der Waals surface area contributed by atoms with Gasteiger partial charge in [0.15, 0.2) is 12.4 Å². The average Bonchev–Trinajstić information content (AvgIpc) is 2.91. The number of hydrogen-bond acceptors (Lipinski definition) is 4. The molecule has 0 aliphatic carbocycles. The Kier molecular flexibility index (Phi) is 3.58. The van der Waals surface area contributed by atoms with E-state index in [-0.39, 0.29) is 24.2 Å². The fourth-order valence-corrected chi connectivity index (χ4v) is 2.88. The van der Waals surface area contributed by atoms with Gasteiger partial charge in [0.05, 0.1) is 16.7 Å². The number of carbonyl (C=O) groups is 2. The number of halogens is 1. The van der Waals surface area contributed by atoms with Gasteiger partial charge in [-0.3, -0.25) is 9.59 Å². The minimum absolute atomic E-state index is 0.0457. The molecule has 7 nitrogen and oxygen atoms in total. The maximum atomic E-state index is 12.6. The lowest BCUT2D eigenvalue weighted by Crippen LogP contribution is -2.25. The number of nitrogens with one attached hydrogen (secondary N) is 2. The maximum Gasteiger partial charge on any atom is 0.291 e. The minimum Gasteiger partial charge on any atom is -0.482 e. The predicted octanol–water partition coefficient (Wildman–Crippen LogP) is 2.81. The predicted molar refractivity (Wildman–Crippen MR) is 94.2 cm³/mol. The number of anilines is 2. The Morgan fingerprint density at radius 3 is 3.00 bits per heavy atom. The van der Waals surface area contributed by atoms with E-state index < -0.39 is 0 Å². The van der Waals surface area contributed by atoms with Gasteiger partial charge in [-0.25, -0.2) is 4.98 Å². The molecule has 4 rings (SSSR count). The van der Waals surface area contributed by atoms with E-state index in [9.17, 15) is 9.59 Å². The molecule has 0 radical (unpaired) electrons. The molecule has 0 unspecified atom stereocenters. The summed E-state index contributed by atoms with van der Waals surface area (Å²) in [6.07, 6.45) is 0. The van der Waals surface area contributed by atoms with Crippen molar-refractivity contribution in [1.29, 1.82) is 0 Å². The van der Waals surface area contributed by atoms with Gasteiger partial charge in [0.25, 0.3) is 11.8 Å². The van der Waals surface area contributed by atoms with Gasteiger partial charge in [-0.05, 0) is 30.3 Å². The van der Waals surface area contributed by atoms with E-state index in [1.165, 1.54) is 0 Å². The largest absolute Gasteiger partial charge is 0.482 e. The molecule has 3 aromatic rings. The van der Waals surface area contributed by atoms with Crippen LogP contribution in [0, 0.1) is 0 Å². The van der Waals surface area contributed by atoms with Crippen LogP contribution in [-0.2, 0) is 11.8 Å². The summed E-state index contributed by atoms with van der Waals surface area (Å²) in [4.78, 5) is 28.2. The van der Waals surface area contributed by atoms with E-state index in [4.69, 9.17) is 16.3 Å². The average molecular weight is 357 g/mol. The van der Waals surface area contributed by atoms with Crippen molar-refractivity contribution in [3.05, 3.63) is 47.2 Å². The lowest BCUT2D eigenvalue weighted by atomic mass is 10.2. The zero-order valence-corrected chi connectivity index (χ0v) is 13.9. The van der Waals surface area contributed by atoms with Crippen LogP contribution in [0.3, 0.4) is 0 Å². The number of fused-ring (bicyclic) bond motifs is 2. The molecule has 126 valence electrons. The van der Waals surface area contributed by atoms with Crippen molar-refractivity contribution >= 4 is 45.8 Å². The molecule has 8 heteroatoms. The van der Waals surface area contributed by atoms with Crippen LogP contribution in [0.25, 0.3) is 11.0 Å². The van der Waals surface area contributed by atoms with E-state index >= 15 is 0 Å². The van der Waals surface area contributed by atoms with E-state index in [0.717, 1.165) is 5.52 Å². The first-order valence-corrected chi connectivity index (χ1v) is 7.89. The number of nitrogens with zero attached hydrogens (tertiary/aromatic N) is 2. The topological polar surface area (TPSA) is 85.2 Å². The standard InChI is InChI=1S/C17H13ClN4O3/c1-22-13-5-2-9(18)6-12(13)21-16(22)17(24)19-10-3-4-11-14(7-10)25-8-15(23)20-11/h2-7H,8H2,1H3,(H,19,24)(H,20,23). The second kappa shape index (κ2) is 5.78. The second-order valence-corrected chi connectivity index (χ2v) is 6.07. The Balaban J connectivity index is 1.62. The highest BCUT2D eigenvalue weighted by Crippen LogP contribution is 2.30. The van der Waals surface area contributed by atoms with Crippen LogP contribution >= 0.6 is 11.6 Å². The molecule has 0 fully saturated rings. The third-order valence-electron chi connectivity index (χ3n) is 3.92. The lowest BCUT2D eigenvalue weighted by molar-refractivity contribution is -0.118. The first-order valence-electron chi connectivity index (χ1n) is 7.51. The van der Waals surface area contributed by atoms with Crippen LogP contribution in [-0.4, -0.2) is 28.0 Å². The number of benzene rings is 2. The Morgan fingerprint density at radius 1 is 1.32 bits per heavy atom. The molecular weight excluding hydrogens is 344 g/mol. The first kappa shape index (κ1) is 15.5. The Morgan fingerprint density at radius 2 is 2.16 bits per heavy atom. The van der Waals surface area contributed by atoms with Gasteiger partial charge in [0.1, 0.15) is 5.75 Å². The molecule has 0 bridgehead atoms. The van der Waals surface area contributed by atoms with Crippen LogP contribution in [0.5, 0.6) is 5.75 Å². The highest BCUT2D eigenvalue weighted by atomic mass is 35.5. The summed E-state index contributed by atoms with van der Waals surface area (Å²) in [7, 11) is 1.77. The van der Waals surface area contributed by atoms with Crippen molar-refractivity contribution in [1.82, 2.24) is 9.55 Å². The number of ether oxygens (including phenoxy) is 1. The smallest absolute Gasteiger partial charge is 0.291 e. The summed E-state index contributed by atoms with van der Waals surface area (Å²) in [5, 5.41) is 6.05. The quantitative estimate of drug-likeness (QED) is 0.739. The van der Waals surface area contributed by atoms with Crippen LogP contribution in [0.2, 0.25) is 5.02 Å². The Bertz CT molecular complexity index is 1030. The van der Waals surface area contributed by atoms with E-state index in [1.807, 2.05) is 6.07 Å². The molecular formula is C17H13ClN4O3. The zero-order valence-electron chi connectivity index (χ0n) is 13.2. The molecule has 0 saturated carbocycles. The van der Waals surface area contributed by atoms with Gasteiger partial charge in [-0.1, -0.05) is 11.6 Å². The summed E-state index contributed by atoms with van der Waals surface area (Å²) in [6, 6.07) is 10.3. The van der Waals surface area contributed by atoms with Gasteiger partial charge < -0.3 is 19.9 Å². The van der Waals surface area contributed by atoms with E-state index in [2.05, 4.69) is 15.6 Å². The molecule has 0 saturated heterocycles. The van der Waals surface area contributed by atoms with Crippen molar-refractivity contribution in [2.75, 3.05) is 17.2 Å². The van der Waals surface area contributed by atoms with E-state index in [1.54, 1.807) is 41.9 Å². The number of imidazole rings is 1. The first-order chi connectivity index (χ1) is 12.0. The van der Waals surface area contributed by atoms with Crippen molar-refractivity contribution in [2.24, 2.45) is 7.05 Å². The second-order valence-electron chi connectivity index (χ2n) is 5.63. The van der Waals surface area contributed by atoms with Gasteiger partial charge in [0.2, 0.25) is 0 Å². The van der Waals surface area contributed by atoms with Crippen LogP contribution in [0.15, 0.2) is 36.4 Å². The Labute approximate surface area is 147 Å². The van der Waals surface area contributed by atoms with Crippen molar-refractivity contribution in [2.45, 2.75) is 0 Å². The van der Waals surface area contributed by atoms with Crippen molar-refractivity contribution in [3.8, 4) is 5.75 Å². The molecule has 2 heterocycles. The van der Waals surface area contributed by atoms with Gasteiger partial charge >= 0.3 is 0 Å². The third-order valence-corrected chi connectivity index (χ3v) is 4.15. The molecule has 1 aliphatic heterocycles. The maximum absolute atomic E-state index is 12.6. The van der Waals surface area contributed by atoms with Gasteiger partial charge in [-0.15, -0.1) is 0 Å². The molecule has 25 heavy (non-hydrogen) atoms. The minimum atomic E-state index is -0.352. The molecule has 2 amide bonds. The van der Waals surface area contributed by atoms with Crippen LogP contribution in [0.1, 0.15) is 10.6 Å². The number of amides is 2. The molecule has 0 atom stereocenters. The van der Waals surface area contributed by atoms with Crippen LogP contribution in [0.4, 0.5) is 11.4 Å². The number of carbonyl (C=O) groups excluding carboxylic acids is 2. The number of aryl methyl sites for hydroxylation is 1. The summed E-state index contributed by atoms with van der Waals surface area (Å²) >= 11 is 5.97. The fourth-order valence-electron chi connectivity index (χ4n) is 2.72. The molecule has 2 aromatic carbocycles. The molecule has 0 spiro atoms. The van der Waals surface area contributed by atoms with Crippen molar-refractivity contribution < 1.29 is 14.3 Å². The normalized spacial score (nSPS) is 13.1.